The molecule has 0 fully saturated rings. The van der Waals surface area contributed by atoms with Crippen LogP contribution in [0.25, 0.3) is 0 Å². The lowest BCUT2D eigenvalue weighted by molar-refractivity contribution is 0.168. The van der Waals surface area contributed by atoms with Crippen molar-refractivity contribution < 1.29 is 5.11 Å². The third-order valence-electron chi connectivity index (χ3n) is 1.65. The number of hydrogen-bond acceptors (Lipinski definition) is 4. The molecule has 0 bridgehead atoms. The minimum atomic E-state index is -0.209. The molecular formula is C8H21N3O. The molecular weight excluding hydrogens is 154 g/mol. The Balaban J connectivity index is 2.90. The summed E-state index contributed by atoms with van der Waals surface area (Å²) >= 11 is 0. The van der Waals surface area contributed by atoms with Crippen molar-refractivity contribution in [1.82, 2.24) is 10.6 Å². The van der Waals surface area contributed by atoms with E-state index in [0.717, 1.165) is 26.1 Å². The summed E-state index contributed by atoms with van der Waals surface area (Å²) in [6.07, 6.45) is 0.600. The maximum atomic E-state index is 9.16. The number of hydrogen-bond donors (Lipinski definition) is 4. The van der Waals surface area contributed by atoms with E-state index in [4.69, 9.17) is 10.8 Å². The molecule has 0 saturated carbocycles. The van der Waals surface area contributed by atoms with Gasteiger partial charge in [0.25, 0.3) is 0 Å². The first kappa shape index (κ1) is 11.8. The van der Waals surface area contributed by atoms with Crippen molar-refractivity contribution in [3.63, 3.8) is 0 Å². The first-order valence-electron chi connectivity index (χ1n) is 4.60. The predicted octanol–water partition coefficient (Wildman–Crippen LogP) is -1.10. The normalized spacial score (nSPS) is 13.2. The van der Waals surface area contributed by atoms with Gasteiger partial charge in [-0.05, 0) is 6.42 Å². The van der Waals surface area contributed by atoms with Crippen molar-refractivity contribution in [3.8, 4) is 0 Å². The second-order valence-corrected chi connectivity index (χ2v) is 2.80. The van der Waals surface area contributed by atoms with Crippen molar-refractivity contribution in [3.05, 3.63) is 0 Å². The molecule has 74 valence electrons. The summed E-state index contributed by atoms with van der Waals surface area (Å²) < 4.78 is 0. The highest BCUT2D eigenvalue weighted by Gasteiger charge is 1.97. The number of nitrogens with two attached hydrogens (primary N) is 1. The van der Waals surface area contributed by atoms with Gasteiger partial charge in [0, 0.05) is 32.7 Å². The van der Waals surface area contributed by atoms with E-state index < -0.39 is 0 Å². The maximum absolute atomic E-state index is 9.16. The van der Waals surface area contributed by atoms with Crippen LogP contribution in [0.4, 0.5) is 0 Å². The topological polar surface area (TPSA) is 70.3 Å². The van der Waals surface area contributed by atoms with E-state index in [0.29, 0.717) is 13.1 Å². The van der Waals surface area contributed by atoms with Crippen LogP contribution in [0, 0.1) is 0 Å². The van der Waals surface area contributed by atoms with E-state index in [2.05, 4.69) is 10.6 Å². The zero-order valence-electron chi connectivity index (χ0n) is 7.84. The molecule has 0 heterocycles. The predicted molar refractivity (Wildman–Crippen MR) is 51.1 cm³/mol. The lowest BCUT2D eigenvalue weighted by atomic mass is 10.3. The fourth-order valence-corrected chi connectivity index (χ4v) is 0.817. The summed E-state index contributed by atoms with van der Waals surface area (Å²) in [5.74, 6) is 0. The van der Waals surface area contributed by atoms with E-state index in [1.54, 1.807) is 0 Å². The minimum Gasteiger partial charge on any atom is -0.392 e. The molecule has 0 saturated heterocycles. The van der Waals surface area contributed by atoms with E-state index in [9.17, 15) is 0 Å². The molecule has 4 heteroatoms. The van der Waals surface area contributed by atoms with Gasteiger partial charge in [-0.2, -0.15) is 0 Å². The van der Waals surface area contributed by atoms with Crippen LogP contribution in [-0.2, 0) is 0 Å². The first-order chi connectivity index (χ1) is 5.81. The molecule has 0 aliphatic heterocycles. The first-order valence-corrected chi connectivity index (χ1v) is 4.60. The zero-order valence-corrected chi connectivity index (χ0v) is 7.84. The Hall–Kier alpha value is -0.160. The highest BCUT2D eigenvalue weighted by Crippen LogP contribution is 1.84. The summed E-state index contributed by atoms with van der Waals surface area (Å²) in [5, 5.41) is 15.5. The summed E-state index contributed by atoms with van der Waals surface area (Å²) in [6, 6.07) is 0. The molecule has 0 aromatic carbocycles. The number of nitrogens with one attached hydrogen (secondary N) is 2. The summed E-state index contributed by atoms with van der Waals surface area (Å²) in [7, 11) is 0. The van der Waals surface area contributed by atoms with Crippen molar-refractivity contribution in [2.24, 2.45) is 5.73 Å². The Bertz CT molecular complexity index is 90.4. The molecule has 0 aromatic rings. The van der Waals surface area contributed by atoms with E-state index in [1.807, 2.05) is 6.92 Å². The molecule has 0 aliphatic carbocycles. The Morgan fingerprint density at radius 3 is 2.50 bits per heavy atom. The molecule has 4 nitrogen and oxygen atoms in total. The Kier molecular flexibility index (Phi) is 8.81. The second-order valence-electron chi connectivity index (χ2n) is 2.80. The van der Waals surface area contributed by atoms with Gasteiger partial charge in [-0.15, -0.1) is 0 Å². The highest BCUT2D eigenvalue weighted by atomic mass is 16.3. The quantitative estimate of drug-likeness (QED) is 0.353. The van der Waals surface area contributed by atoms with Gasteiger partial charge in [0.15, 0.2) is 0 Å². The fourth-order valence-electron chi connectivity index (χ4n) is 0.817. The molecule has 0 aliphatic rings. The molecule has 5 N–H and O–H groups in total. The monoisotopic (exact) mass is 175 g/mol. The maximum Gasteiger partial charge on any atom is 0.0662 e. The summed E-state index contributed by atoms with van der Waals surface area (Å²) in [4.78, 5) is 0. The third kappa shape index (κ3) is 7.94. The Morgan fingerprint density at radius 1 is 1.25 bits per heavy atom. The van der Waals surface area contributed by atoms with Crippen LogP contribution < -0.4 is 16.4 Å². The van der Waals surface area contributed by atoms with Crippen LogP contribution in [0.5, 0.6) is 0 Å². The molecule has 0 rings (SSSR count). The van der Waals surface area contributed by atoms with Gasteiger partial charge < -0.3 is 21.5 Å². The van der Waals surface area contributed by atoms with E-state index in [1.165, 1.54) is 0 Å². The molecule has 0 radical (unpaired) electrons. The lowest BCUT2D eigenvalue weighted by Gasteiger charge is -2.09. The van der Waals surface area contributed by atoms with Crippen molar-refractivity contribution in [2.45, 2.75) is 19.4 Å². The number of aliphatic hydroxyl groups excluding tert-OH is 1. The van der Waals surface area contributed by atoms with Gasteiger partial charge in [0.05, 0.1) is 6.10 Å². The van der Waals surface area contributed by atoms with Gasteiger partial charge in [0.2, 0.25) is 0 Å². The van der Waals surface area contributed by atoms with E-state index in [-0.39, 0.29) is 6.10 Å². The standard InChI is InChI=1S/C8H21N3O/c1-2-8(12)7-11-6-5-10-4-3-9/h8,10-12H,2-7,9H2,1H3. The molecule has 1 atom stereocenters. The van der Waals surface area contributed by atoms with Gasteiger partial charge >= 0.3 is 0 Å². The number of rotatable bonds is 8. The van der Waals surface area contributed by atoms with Crippen LogP contribution in [0.15, 0.2) is 0 Å². The SMILES string of the molecule is CCC(O)CNCCNCCN. The van der Waals surface area contributed by atoms with Crippen LogP contribution in [-0.4, -0.2) is 43.9 Å². The zero-order chi connectivity index (χ0) is 9.23. The Labute approximate surface area is 74.5 Å². The van der Waals surface area contributed by atoms with Gasteiger partial charge in [-0.1, -0.05) is 6.92 Å². The summed E-state index contributed by atoms with van der Waals surface area (Å²) in [5.41, 5.74) is 5.29. The highest BCUT2D eigenvalue weighted by molar-refractivity contribution is 4.58. The smallest absolute Gasteiger partial charge is 0.0662 e. The summed E-state index contributed by atoms with van der Waals surface area (Å²) in [6.45, 7) is 5.99. The molecule has 0 amide bonds. The lowest BCUT2D eigenvalue weighted by Crippen LogP contribution is -2.34. The molecule has 1 unspecified atom stereocenters. The van der Waals surface area contributed by atoms with Crippen LogP contribution >= 0.6 is 0 Å². The second kappa shape index (κ2) is 8.93. The fraction of sp³-hybridized carbons (Fsp3) is 1.00. The van der Waals surface area contributed by atoms with Crippen molar-refractivity contribution in [2.75, 3.05) is 32.7 Å². The molecule has 12 heavy (non-hydrogen) atoms. The van der Waals surface area contributed by atoms with Crippen molar-refractivity contribution >= 4 is 0 Å². The number of aliphatic hydroxyl groups is 1. The van der Waals surface area contributed by atoms with Crippen LogP contribution in [0.2, 0.25) is 0 Å². The largest absolute Gasteiger partial charge is 0.392 e. The third-order valence-corrected chi connectivity index (χ3v) is 1.65. The average molecular weight is 175 g/mol. The van der Waals surface area contributed by atoms with Gasteiger partial charge in [-0.3, -0.25) is 0 Å². The van der Waals surface area contributed by atoms with Crippen LogP contribution in [0.1, 0.15) is 13.3 Å². The molecule has 0 aromatic heterocycles. The van der Waals surface area contributed by atoms with Gasteiger partial charge in [0.1, 0.15) is 0 Å². The Morgan fingerprint density at radius 2 is 1.92 bits per heavy atom. The minimum absolute atomic E-state index is 0.209. The van der Waals surface area contributed by atoms with E-state index >= 15 is 0 Å². The van der Waals surface area contributed by atoms with Gasteiger partial charge in [-0.25, -0.2) is 0 Å². The molecule has 0 spiro atoms. The van der Waals surface area contributed by atoms with Crippen molar-refractivity contribution in [1.29, 1.82) is 0 Å². The van der Waals surface area contributed by atoms with Crippen LogP contribution in [0.3, 0.4) is 0 Å². The average Bonchev–Trinajstić information content (AvgIpc) is 2.10.